The van der Waals surface area contributed by atoms with Crippen molar-refractivity contribution in [3.8, 4) is 0 Å². The molecule has 0 saturated carbocycles. The Balaban J connectivity index is 3.00. The number of hydrogen-bond donors (Lipinski definition) is 0. The minimum atomic E-state index is -6.11. The van der Waals surface area contributed by atoms with Gasteiger partial charge in [-0.3, -0.25) is 4.90 Å². The second-order valence-electron chi connectivity index (χ2n) is 6.79. The molecular weight excluding hydrogens is 480 g/mol. The smallest absolute Gasteiger partial charge is 0.369 e. The molecule has 0 aromatic carbocycles. The van der Waals surface area contributed by atoms with Crippen LogP contribution in [0.1, 0.15) is 6.92 Å². The quantitative estimate of drug-likeness (QED) is 0.476. The van der Waals surface area contributed by atoms with Crippen LogP contribution >= 0.6 is 0 Å². The van der Waals surface area contributed by atoms with Gasteiger partial charge in [0.25, 0.3) is 12.1 Å². The van der Waals surface area contributed by atoms with E-state index in [1.54, 1.807) is 0 Å². The number of alkyl halides is 14. The van der Waals surface area contributed by atoms with Gasteiger partial charge in [-0.1, -0.05) is 0 Å². The highest BCUT2D eigenvalue weighted by Crippen LogP contribution is 2.40. The average Bonchev–Trinajstić information content (AvgIpc) is 2.49. The van der Waals surface area contributed by atoms with Crippen molar-refractivity contribution in [1.82, 2.24) is 4.90 Å². The van der Waals surface area contributed by atoms with Gasteiger partial charge in [0.2, 0.25) is 0 Å². The maximum atomic E-state index is 14.2. The first-order chi connectivity index (χ1) is 13.6. The molecule has 17 heteroatoms. The van der Waals surface area contributed by atoms with E-state index in [0.29, 0.717) is 0 Å². The Morgan fingerprint density at radius 2 is 1.29 bits per heavy atom. The second-order valence-corrected chi connectivity index (χ2v) is 6.79. The Bertz CT molecular complexity index is 587. The summed E-state index contributed by atoms with van der Waals surface area (Å²) in [5, 5.41) is 0. The molecule has 0 aromatic rings. The zero-order valence-corrected chi connectivity index (χ0v) is 15.2. The van der Waals surface area contributed by atoms with Crippen molar-refractivity contribution < 1.29 is 70.9 Å². The van der Waals surface area contributed by atoms with Gasteiger partial charge < -0.3 is 9.47 Å². The minimum absolute atomic E-state index is 0.332. The lowest BCUT2D eigenvalue weighted by Gasteiger charge is -2.44. The molecule has 3 nitrogen and oxygen atoms in total. The molecule has 4 unspecified atom stereocenters. The molecule has 0 bridgehead atoms. The molecular formula is C14H15F14NO2. The Kier molecular flexibility index (Phi) is 8.14. The van der Waals surface area contributed by atoms with Crippen LogP contribution < -0.4 is 0 Å². The van der Waals surface area contributed by atoms with E-state index >= 15 is 0 Å². The third kappa shape index (κ3) is 7.47. The summed E-state index contributed by atoms with van der Waals surface area (Å²) in [7, 11) is 0. The third-order valence-electron chi connectivity index (χ3n) is 3.98. The summed E-state index contributed by atoms with van der Waals surface area (Å²) in [4.78, 5) is -0.332. The van der Waals surface area contributed by atoms with Crippen LogP contribution in [0.5, 0.6) is 0 Å². The molecule has 0 amide bonds. The monoisotopic (exact) mass is 495 g/mol. The summed E-state index contributed by atoms with van der Waals surface area (Å²) in [6, 6.07) is -3.98. The first kappa shape index (κ1) is 27.9. The van der Waals surface area contributed by atoms with Crippen molar-refractivity contribution in [2.75, 3.05) is 26.3 Å². The van der Waals surface area contributed by atoms with Gasteiger partial charge in [0.1, 0.15) is 13.2 Å². The molecule has 1 rings (SSSR count). The first-order valence-corrected chi connectivity index (χ1v) is 8.16. The number of nitrogens with zero attached hydrogens (tertiary/aromatic N) is 1. The SMILES string of the molecule is CC1CN(C(C(F)(F)F)C(F)(F)COCC(F)(F)C(F)C(F)(F)F)CC(C(F)(F)F)O1. The molecule has 0 spiro atoms. The predicted molar refractivity (Wildman–Crippen MR) is 73.5 cm³/mol. The van der Waals surface area contributed by atoms with E-state index in [1.165, 1.54) is 0 Å². The zero-order chi connectivity index (χ0) is 24.6. The highest BCUT2D eigenvalue weighted by atomic mass is 19.4. The van der Waals surface area contributed by atoms with Gasteiger partial charge in [-0.15, -0.1) is 0 Å². The van der Waals surface area contributed by atoms with Gasteiger partial charge in [0, 0.05) is 13.1 Å². The molecule has 31 heavy (non-hydrogen) atoms. The van der Waals surface area contributed by atoms with Gasteiger partial charge in [-0.25, -0.2) is 22.0 Å². The van der Waals surface area contributed by atoms with E-state index < -0.39 is 81.1 Å². The number of halogens is 14. The second kappa shape index (κ2) is 9.03. The van der Waals surface area contributed by atoms with E-state index in [1.807, 2.05) is 0 Å². The topological polar surface area (TPSA) is 21.7 Å². The van der Waals surface area contributed by atoms with Crippen molar-refractivity contribution in [2.45, 2.75) is 61.7 Å². The molecule has 1 aliphatic rings. The van der Waals surface area contributed by atoms with Gasteiger partial charge in [0.05, 0.1) is 6.10 Å². The Morgan fingerprint density at radius 1 is 0.806 bits per heavy atom. The number of hydrogen-bond acceptors (Lipinski definition) is 3. The molecule has 1 aliphatic heterocycles. The fourth-order valence-corrected chi connectivity index (χ4v) is 2.80. The van der Waals surface area contributed by atoms with Gasteiger partial charge in [0.15, 0.2) is 12.1 Å². The molecule has 1 saturated heterocycles. The lowest BCUT2D eigenvalue weighted by Crippen LogP contribution is -2.64. The summed E-state index contributed by atoms with van der Waals surface area (Å²) in [5.74, 6) is -10.6. The maximum absolute atomic E-state index is 14.2. The fraction of sp³-hybridized carbons (Fsp3) is 1.00. The van der Waals surface area contributed by atoms with Gasteiger partial charge in [-0.2, -0.15) is 39.5 Å². The number of morpholine rings is 1. The van der Waals surface area contributed by atoms with E-state index in [2.05, 4.69) is 9.47 Å². The lowest BCUT2D eigenvalue weighted by atomic mass is 10.0. The Morgan fingerprint density at radius 3 is 1.71 bits per heavy atom. The molecule has 1 fully saturated rings. The normalized spacial score (nSPS) is 24.9. The predicted octanol–water partition coefficient (Wildman–Crippen LogP) is 4.76. The molecule has 4 atom stereocenters. The first-order valence-electron chi connectivity index (χ1n) is 8.16. The molecule has 0 radical (unpaired) electrons. The van der Waals surface area contributed by atoms with Crippen molar-refractivity contribution in [3.63, 3.8) is 0 Å². The third-order valence-corrected chi connectivity index (χ3v) is 3.98. The number of rotatable bonds is 7. The van der Waals surface area contributed by atoms with Crippen LogP contribution in [0.15, 0.2) is 0 Å². The highest BCUT2D eigenvalue weighted by Gasteiger charge is 2.62. The van der Waals surface area contributed by atoms with Crippen LogP contribution in [0.3, 0.4) is 0 Å². The van der Waals surface area contributed by atoms with E-state index in [0.717, 1.165) is 6.92 Å². The molecule has 0 aliphatic carbocycles. The van der Waals surface area contributed by atoms with E-state index in [9.17, 15) is 61.5 Å². The summed E-state index contributed by atoms with van der Waals surface area (Å²) in [5.41, 5.74) is 0. The molecule has 186 valence electrons. The zero-order valence-electron chi connectivity index (χ0n) is 15.2. The summed E-state index contributed by atoms with van der Waals surface area (Å²) >= 11 is 0. The Hall–Kier alpha value is -1.10. The van der Waals surface area contributed by atoms with Gasteiger partial charge >= 0.3 is 24.5 Å². The van der Waals surface area contributed by atoms with Crippen LogP contribution in [0.4, 0.5) is 61.5 Å². The maximum Gasteiger partial charge on any atom is 0.425 e. The molecule has 0 aromatic heterocycles. The average molecular weight is 495 g/mol. The largest absolute Gasteiger partial charge is 0.425 e. The molecule has 1 heterocycles. The van der Waals surface area contributed by atoms with Gasteiger partial charge in [-0.05, 0) is 6.92 Å². The standard InChI is InChI=1S/C14H15F14NO2/c1-6-2-29(3-7(31-6)12(20,21)22)9(14(26,27)28)11(18,19)5-30-4-10(16,17)8(15)13(23,24)25/h6-9H,2-5H2,1H3. The van der Waals surface area contributed by atoms with Crippen molar-refractivity contribution in [2.24, 2.45) is 0 Å². The lowest BCUT2D eigenvalue weighted by molar-refractivity contribution is -0.299. The summed E-state index contributed by atoms with van der Waals surface area (Å²) in [6.45, 7) is -7.11. The summed E-state index contributed by atoms with van der Waals surface area (Å²) in [6.07, 6.45) is -26.5. The van der Waals surface area contributed by atoms with Crippen LogP contribution in [0, 0.1) is 0 Å². The van der Waals surface area contributed by atoms with Crippen molar-refractivity contribution >= 4 is 0 Å². The van der Waals surface area contributed by atoms with Crippen LogP contribution in [0.25, 0.3) is 0 Å². The highest BCUT2D eigenvalue weighted by molar-refractivity contribution is 4.96. The van der Waals surface area contributed by atoms with Crippen LogP contribution in [-0.4, -0.2) is 86.0 Å². The Labute approximate surface area is 165 Å². The fourth-order valence-electron chi connectivity index (χ4n) is 2.80. The van der Waals surface area contributed by atoms with Crippen LogP contribution in [-0.2, 0) is 9.47 Å². The van der Waals surface area contributed by atoms with Crippen molar-refractivity contribution in [3.05, 3.63) is 0 Å². The number of ether oxygens (including phenoxy) is 2. The summed E-state index contributed by atoms with van der Waals surface area (Å²) < 4.78 is 189. The van der Waals surface area contributed by atoms with E-state index in [-0.39, 0.29) is 4.90 Å². The van der Waals surface area contributed by atoms with Crippen LogP contribution in [0.2, 0.25) is 0 Å². The van der Waals surface area contributed by atoms with E-state index in [4.69, 9.17) is 0 Å². The minimum Gasteiger partial charge on any atom is -0.369 e. The molecule has 0 N–H and O–H groups in total. The van der Waals surface area contributed by atoms with Crippen molar-refractivity contribution in [1.29, 1.82) is 0 Å².